The van der Waals surface area contributed by atoms with Crippen LogP contribution in [-0.4, -0.2) is 6.29 Å². The van der Waals surface area contributed by atoms with Gasteiger partial charge in [0.15, 0.2) is 6.29 Å². The summed E-state index contributed by atoms with van der Waals surface area (Å²) in [5.41, 5.74) is 0.485. The molecule has 0 bridgehead atoms. The zero-order valence-corrected chi connectivity index (χ0v) is 5.35. The summed E-state index contributed by atoms with van der Waals surface area (Å²) in [7, 11) is 0. The van der Waals surface area contributed by atoms with E-state index in [1.165, 1.54) is 0 Å². The van der Waals surface area contributed by atoms with Crippen molar-refractivity contribution in [3.05, 3.63) is 34.9 Å². The lowest BCUT2D eigenvalue weighted by atomic mass is 10.2. The lowest BCUT2D eigenvalue weighted by molar-refractivity contribution is 0.112. The number of rotatable bonds is 1. The minimum atomic E-state index is 0.382. The lowest BCUT2D eigenvalue weighted by Crippen LogP contribution is -1.78. The Kier molecular flexibility index (Phi) is 1.85. The molecule has 0 amide bonds. The average molecular weight is 140 g/mol. The number of carbonyl (C=O) groups is 1. The van der Waals surface area contributed by atoms with Crippen molar-refractivity contribution in [3.63, 3.8) is 0 Å². The largest absolute Gasteiger partial charge is 0.298 e. The summed E-state index contributed by atoms with van der Waals surface area (Å²) < 4.78 is 0. The van der Waals surface area contributed by atoms with Crippen LogP contribution < -0.4 is 0 Å². The van der Waals surface area contributed by atoms with Crippen LogP contribution in [0.1, 0.15) is 10.4 Å². The molecule has 0 spiro atoms. The van der Waals surface area contributed by atoms with Crippen LogP contribution in [-0.2, 0) is 0 Å². The van der Waals surface area contributed by atoms with Crippen LogP contribution in [0.15, 0.2) is 18.2 Å². The summed E-state index contributed by atoms with van der Waals surface area (Å²) >= 11 is 5.54. The second-order valence-electron chi connectivity index (χ2n) is 1.56. The molecular formula is C7H4ClO. The predicted octanol–water partition coefficient (Wildman–Crippen LogP) is 1.95. The van der Waals surface area contributed by atoms with Gasteiger partial charge in [-0.05, 0) is 0 Å². The maximum atomic E-state index is 10.1. The molecule has 0 atom stereocenters. The Balaban J connectivity index is 3.15. The second kappa shape index (κ2) is 2.65. The highest BCUT2D eigenvalue weighted by Crippen LogP contribution is 2.10. The third-order valence-corrected chi connectivity index (χ3v) is 1.29. The van der Waals surface area contributed by atoms with Gasteiger partial charge in [-0.3, -0.25) is 4.79 Å². The summed E-state index contributed by atoms with van der Waals surface area (Å²) in [5, 5.41) is 0.382. The molecule has 1 nitrogen and oxygen atoms in total. The van der Waals surface area contributed by atoms with E-state index in [9.17, 15) is 4.79 Å². The molecule has 1 rings (SSSR count). The Hall–Kier alpha value is -0.820. The Morgan fingerprint density at radius 1 is 1.67 bits per heavy atom. The molecule has 45 valence electrons. The van der Waals surface area contributed by atoms with E-state index >= 15 is 0 Å². The van der Waals surface area contributed by atoms with Gasteiger partial charge in [-0.2, -0.15) is 0 Å². The fourth-order valence-electron chi connectivity index (χ4n) is 0.521. The normalized spacial score (nSPS) is 9.00. The minimum absolute atomic E-state index is 0.382. The van der Waals surface area contributed by atoms with Crippen molar-refractivity contribution in [2.45, 2.75) is 0 Å². The smallest absolute Gasteiger partial charge is 0.151 e. The number of hydrogen-bond acceptors (Lipinski definition) is 1. The van der Waals surface area contributed by atoms with Crippen molar-refractivity contribution in [3.8, 4) is 0 Å². The molecule has 9 heavy (non-hydrogen) atoms. The van der Waals surface area contributed by atoms with Crippen LogP contribution in [0.5, 0.6) is 0 Å². The first-order valence-electron chi connectivity index (χ1n) is 2.46. The van der Waals surface area contributed by atoms with Crippen molar-refractivity contribution in [2.75, 3.05) is 0 Å². The highest BCUT2D eigenvalue weighted by molar-refractivity contribution is 6.32. The highest BCUT2D eigenvalue weighted by atomic mass is 35.5. The van der Waals surface area contributed by atoms with Gasteiger partial charge in [0.05, 0.1) is 5.02 Å². The molecule has 0 aromatic heterocycles. The van der Waals surface area contributed by atoms with Gasteiger partial charge in [0.25, 0.3) is 0 Å². The molecule has 1 radical (unpaired) electrons. The standard InChI is InChI=1S/C7H4ClO/c8-7-4-2-1-3-6(7)5-9/h1-3,5H. The summed E-state index contributed by atoms with van der Waals surface area (Å²) in [6, 6.07) is 7.71. The topological polar surface area (TPSA) is 17.1 Å². The number of carbonyl (C=O) groups excluding carboxylic acids is 1. The van der Waals surface area contributed by atoms with Gasteiger partial charge in [0.2, 0.25) is 0 Å². The van der Waals surface area contributed by atoms with Crippen molar-refractivity contribution in [1.29, 1.82) is 0 Å². The molecule has 1 aromatic rings. The van der Waals surface area contributed by atoms with Gasteiger partial charge >= 0.3 is 0 Å². The van der Waals surface area contributed by atoms with E-state index in [1.807, 2.05) is 0 Å². The number of halogens is 1. The number of aldehydes is 1. The van der Waals surface area contributed by atoms with E-state index < -0.39 is 0 Å². The summed E-state index contributed by atoms with van der Waals surface area (Å²) in [6.07, 6.45) is 0.707. The van der Waals surface area contributed by atoms with Crippen LogP contribution in [0.25, 0.3) is 0 Å². The molecular weight excluding hydrogens is 136 g/mol. The molecule has 0 unspecified atom stereocenters. The van der Waals surface area contributed by atoms with E-state index in [1.54, 1.807) is 18.2 Å². The zero-order chi connectivity index (χ0) is 6.69. The van der Waals surface area contributed by atoms with E-state index in [4.69, 9.17) is 11.6 Å². The molecule has 0 aliphatic rings. The third kappa shape index (κ3) is 1.30. The van der Waals surface area contributed by atoms with Crippen molar-refractivity contribution >= 4 is 17.9 Å². The van der Waals surface area contributed by atoms with Crippen LogP contribution in [0.2, 0.25) is 5.02 Å². The molecule has 0 aliphatic heterocycles. The summed E-state index contributed by atoms with van der Waals surface area (Å²) in [6.45, 7) is 0. The Morgan fingerprint density at radius 3 is 2.89 bits per heavy atom. The van der Waals surface area contributed by atoms with Gasteiger partial charge in [-0.15, -0.1) is 0 Å². The number of benzene rings is 1. The molecule has 2 heteroatoms. The van der Waals surface area contributed by atoms with Crippen molar-refractivity contribution < 1.29 is 4.79 Å². The van der Waals surface area contributed by atoms with Gasteiger partial charge in [-0.1, -0.05) is 29.8 Å². The fourth-order valence-corrected chi connectivity index (χ4v) is 0.691. The Morgan fingerprint density at radius 2 is 2.44 bits per heavy atom. The van der Waals surface area contributed by atoms with Gasteiger partial charge < -0.3 is 0 Å². The zero-order valence-electron chi connectivity index (χ0n) is 4.60. The molecule has 0 aliphatic carbocycles. The Labute approximate surface area is 58.3 Å². The average Bonchev–Trinajstić information content (AvgIpc) is 1.89. The van der Waals surface area contributed by atoms with E-state index in [-0.39, 0.29) is 0 Å². The van der Waals surface area contributed by atoms with Crippen molar-refractivity contribution in [1.82, 2.24) is 0 Å². The second-order valence-corrected chi connectivity index (χ2v) is 1.94. The summed E-state index contributed by atoms with van der Waals surface area (Å²) in [4.78, 5) is 10.1. The van der Waals surface area contributed by atoms with Crippen molar-refractivity contribution in [2.24, 2.45) is 0 Å². The van der Waals surface area contributed by atoms with Gasteiger partial charge in [-0.25, -0.2) is 0 Å². The van der Waals surface area contributed by atoms with E-state index in [2.05, 4.69) is 6.07 Å². The van der Waals surface area contributed by atoms with Gasteiger partial charge in [0, 0.05) is 11.6 Å². The third-order valence-electron chi connectivity index (χ3n) is 0.962. The molecule has 0 N–H and O–H groups in total. The SMILES string of the molecule is O=Cc1ccc[c]c1Cl. The fraction of sp³-hybridized carbons (Fsp3) is 0. The molecule has 0 fully saturated rings. The monoisotopic (exact) mass is 139 g/mol. The first kappa shape index (κ1) is 6.30. The first-order valence-corrected chi connectivity index (χ1v) is 2.84. The van der Waals surface area contributed by atoms with Crippen LogP contribution in [0.3, 0.4) is 0 Å². The van der Waals surface area contributed by atoms with Gasteiger partial charge in [0.1, 0.15) is 0 Å². The van der Waals surface area contributed by atoms with E-state index in [0.29, 0.717) is 16.9 Å². The maximum absolute atomic E-state index is 10.1. The van der Waals surface area contributed by atoms with Crippen LogP contribution in [0.4, 0.5) is 0 Å². The maximum Gasteiger partial charge on any atom is 0.151 e. The quantitative estimate of drug-likeness (QED) is 0.544. The Bertz CT molecular complexity index is 220. The summed E-state index contributed by atoms with van der Waals surface area (Å²) in [5.74, 6) is 0. The molecule has 0 heterocycles. The molecule has 1 aromatic carbocycles. The first-order chi connectivity index (χ1) is 4.34. The number of hydrogen-bond donors (Lipinski definition) is 0. The minimum Gasteiger partial charge on any atom is -0.298 e. The predicted molar refractivity (Wildman–Crippen MR) is 35.7 cm³/mol. The molecule has 0 saturated heterocycles. The van der Waals surface area contributed by atoms with Crippen LogP contribution in [0, 0.1) is 6.07 Å². The highest BCUT2D eigenvalue weighted by Gasteiger charge is 1.93. The molecule has 0 saturated carbocycles. The van der Waals surface area contributed by atoms with E-state index in [0.717, 1.165) is 0 Å². The lowest BCUT2D eigenvalue weighted by Gasteiger charge is -1.89. The van der Waals surface area contributed by atoms with Crippen LogP contribution >= 0.6 is 11.6 Å².